The van der Waals surface area contributed by atoms with Gasteiger partial charge in [0.1, 0.15) is 10.6 Å². The third-order valence-corrected chi connectivity index (χ3v) is 4.91. The van der Waals surface area contributed by atoms with E-state index in [0.29, 0.717) is 13.2 Å². The molecule has 3 rings (SSSR count). The molecule has 0 radical (unpaired) electrons. The largest absolute Gasteiger partial charge is 0.494 e. The average molecular weight is 328 g/mol. The molecule has 0 aliphatic carbocycles. The lowest BCUT2D eigenvalue weighted by Gasteiger charge is -2.07. The van der Waals surface area contributed by atoms with Gasteiger partial charge in [0.2, 0.25) is 0 Å². The van der Waals surface area contributed by atoms with Gasteiger partial charge in [0.15, 0.2) is 0 Å². The van der Waals surface area contributed by atoms with E-state index in [4.69, 9.17) is 4.74 Å². The summed E-state index contributed by atoms with van der Waals surface area (Å²) in [6, 6.07) is 11.8. The fraction of sp³-hybridized carbons (Fsp3) is 0.333. The van der Waals surface area contributed by atoms with Gasteiger partial charge in [-0.05, 0) is 37.5 Å². The Morgan fingerprint density at radius 2 is 2.04 bits per heavy atom. The molecule has 5 heteroatoms. The maximum atomic E-state index is 12.4. The van der Waals surface area contributed by atoms with Crippen LogP contribution in [-0.4, -0.2) is 16.2 Å². The Labute approximate surface area is 139 Å². The number of aromatic nitrogens is 2. The van der Waals surface area contributed by atoms with Crippen molar-refractivity contribution in [3.05, 3.63) is 58.0 Å². The molecule has 1 aromatic carbocycles. The average Bonchev–Trinajstić information content (AvgIpc) is 3.02. The molecule has 2 heterocycles. The van der Waals surface area contributed by atoms with Crippen molar-refractivity contribution in [3.63, 3.8) is 0 Å². The fourth-order valence-corrected chi connectivity index (χ4v) is 3.36. The van der Waals surface area contributed by atoms with Crippen molar-refractivity contribution in [3.8, 4) is 5.75 Å². The number of rotatable bonds is 7. The van der Waals surface area contributed by atoms with Crippen LogP contribution in [0.25, 0.3) is 10.2 Å². The maximum Gasteiger partial charge on any atom is 0.262 e. The molecule has 0 atom stereocenters. The minimum absolute atomic E-state index is 0.0647. The van der Waals surface area contributed by atoms with Crippen molar-refractivity contribution in [2.45, 2.75) is 32.7 Å². The molecule has 120 valence electrons. The van der Waals surface area contributed by atoms with Gasteiger partial charge in [-0.3, -0.25) is 9.36 Å². The number of para-hydroxylation sites is 1. The van der Waals surface area contributed by atoms with Crippen molar-refractivity contribution < 1.29 is 4.74 Å². The Balaban J connectivity index is 1.55. The minimum atomic E-state index is 0.0647. The molecule has 0 aliphatic heterocycles. The highest BCUT2D eigenvalue weighted by Gasteiger charge is 2.08. The number of nitrogens with zero attached hydrogens (tertiary/aromatic N) is 2. The number of ether oxygens (including phenoxy) is 1. The van der Waals surface area contributed by atoms with Crippen LogP contribution in [0.2, 0.25) is 0 Å². The van der Waals surface area contributed by atoms with Crippen molar-refractivity contribution >= 4 is 21.6 Å². The van der Waals surface area contributed by atoms with E-state index in [9.17, 15) is 4.79 Å². The van der Waals surface area contributed by atoms with E-state index in [-0.39, 0.29) is 5.56 Å². The van der Waals surface area contributed by atoms with Gasteiger partial charge in [0.25, 0.3) is 5.56 Å². The molecule has 0 unspecified atom stereocenters. The van der Waals surface area contributed by atoms with Crippen molar-refractivity contribution in [1.82, 2.24) is 9.55 Å². The summed E-state index contributed by atoms with van der Waals surface area (Å²) >= 11 is 1.61. The van der Waals surface area contributed by atoms with Gasteiger partial charge in [-0.2, -0.15) is 0 Å². The van der Waals surface area contributed by atoms with Gasteiger partial charge in [-0.15, -0.1) is 11.3 Å². The molecule has 0 amide bonds. The number of unbranched alkanes of at least 4 members (excludes halogenated alkanes) is 1. The summed E-state index contributed by atoms with van der Waals surface area (Å²) in [5.41, 5.74) is 0.0647. The molecule has 3 aromatic rings. The van der Waals surface area contributed by atoms with Crippen LogP contribution < -0.4 is 10.3 Å². The van der Waals surface area contributed by atoms with Gasteiger partial charge < -0.3 is 4.74 Å². The van der Waals surface area contributed by atoms with E-state index in [0.717, 1.165) is 35.2 Å². The van der Waals surface area contributed by atoms with E-state index in [2.05, 4.69) is 11.9 Å². The topological polar surface area (TPSA) is 44.1 Å². The van der Waals surface area contributed by atoms with Crippen LogP contribution in [0, 0.1) is 0 Å². The van der Waals surface area contributed by atoms with Gasteiger partial charge in [-0.1, -0.05) is 25.1 Å². The predicted octanol–water partition coefficient (Wildman–Crippen LogP) is 3.88. The van der Waals surface area contributed by atoms with Crippen LogP contribution >= 0.6 is 11.3 Å². The molecular weight excluding hydrogens is 308 g/mol. The number of aryl methyl sites for hydroxylation is 2. The Morgan fingerprint density at radius 1 is 1.22 bits per heavy atom. The zero-order valence-corrected chi connectivity index (χ0v) is 14.0. The summed E-state index contributed by atoms with van der Waals surface area (Å²) in [4.78, 5) is 18.9. The van der Waals surface area contributed by atoms with Gasteiger partial charge in [0.05, 0.1) is 18.3 Å². The van der Waals surface area contributed by atoms with Crippen LogP contribution in [0.4, 0.5) is 0 Å². The van der Waals surface area contributed by atoms with E-state index in [1.165, 1.54) is 4.88 Å². The molecule has 0 N–H and O–H groups in total. The Bertz CT molecular complexity index is 824. The first kappa shape index (κ1) is 15.7. The van der Waals surface area contributed by atoms with E-state index in [1.807, 2.05) is 36.4 Å². The summed E-state index contributed by atoms with van der Waals surface area (Å²) in [5.74, 6) is 0.887. The Morgan fingerprint density at radius 3 is 2.83 bits per heavy atom. The van der Waals surface area contributed by atoms with Crippen molar-refractivity contribution in [1.29, 1.82) is 0 Å². The number of benzene rings is 1. The summed E-state index contributed by atoms with van der Waals surface area (Å²) < 4.78 is 7.37. The first-order chi connectivity index (χ1) is 11.3. The highest BCUT2D eigenvalue weighted by molar-refractivity contribution is 7.18. The van der Waals surface area contributed by atoms with E-state index in [1.54, 1.807) is 22.2 Å². The molecule has 0 fully saturated rings. The third kappa shape index (κ3) is 3.79. The smallest absolute Gasteiger partial charge is 0.262 e. The second-order valence-corrected chi connectivity index (χ2v) is 6.51. The van der Waals surface area contributed by atoms with Crippen LogP contribution in [-0.2, 0) is 13.0 Å². The molecule has 23 heavy (non-hydrogen) atoms. The molecular formula is C18H20N2O2S. The number of hydrogen-bond acceptors (Lipinski definition) is 4. The summed E-state index contributed by atoms with van der Waals surface area (Å²) in [5, 5.41) is 0.745. The standard InChI is InChI=1S/C18H20N2O2S/c1-2-15-12-16-17(23-15)19-13-20(18(16)21)10-6-7-11-22-14-8-4-3-5-9-14/h3-5,8-9,12-13H,2,6-7,10-11H2,1H3. The predicted molar refractivity (Wildman–Crippen MR) is 94.4 cm³/mol. The van der Waals surface area contributed by atoms with Crippen molar-refractivity contribution in [2.24, 2.45) is 0 Å². The first-order valence-corrected chi connectivity index (χ1v) is 8.75. The SMILES string of the molecule is CCc1cc2c(=O)n(CCCCOc3ccccc3)cnc2s1. The highest BCUT2D eigenvalue weighted by Crippen LogP contribution is 2.21. The molecule has 2 aromatic heterocycles. The lowest BCUT2D eigenvalue weighted by Crippen LogP contribution is -2.20. The third-order valence-electron chi connectivity index (χ3n) is 3.72. The number of hydrogen-bond donors (Lipinski definition) is 0. The molecule has 0 aliphatic rings. The lowest BCUT2D eigenvalue weighted by atomic mass is 10.3. The second-order valence-electron chi connectivity index (χ2n) is 5.40. The summed E-state index contributed by atoms with van der Waals surface area (Å²) in [6.07, 6.45) is 4.41. The van der Waals surface area contributed by atoms with Crippen LogP contribution in [0.15, 0.2) is 47.5 Å². The summed E-state index contributed by atoms with van der Waals surface area (Å²) in [7, 11) is 0. The zero-order valence-electron chi connectivity index (χ0n) is 13.2. The quantitative estimate of drug-likeness (QED) is 0.618. The number of fused-ring (bicyclic) bond motifs is 1. The van der Waals surface area contributed by atoms with Gasteiger partial charge in [0, 0.05) is 11.4 Å². The van der Waals surface area contributed by atoms with Crippen LogP contribution in [0.3, 0.4) is 0 Å². The first-order valence-electron chi connectivity index (χ1n) is 7.93. The van der Waals surface area contributed by atoms with Crippen molar-refractivity contribution in [2.75, 3.05) is 6.61 Å². The van der Waals surface area contributed by atoms with E-state index >= 15 is 0 Å². The fourth-order valence-electron chi connectivity index (χ4n) is 2.43. The molecule has 0 saturated carbocycles. The molecule has 4 nitrogen and oxygen atoms in total. The van der Waals surface area contributed by atoms with Crippen LogP contribution in [0.5, 0.6) is 5.75 Å². The Hall–Kier alpha value is -2.14. The van der Waals surface area contributed by atoms with Gasteiger partial charge in [-0.25, -0.2) is 4.98 Å². The van der Waals surface area contributed by atoms with Gasteiger partial charge >= 0.3 is 0 Å². The monoisotopic (exact) mass is 328 g/mol. The zero-order chi connectivity index (χ0) is 16.1. The highest BCUT2D eigenvalue weighted by atomic mass is 32.1. The molecule has 0 spiro atoms. The summed E-state index contributed by atoms with van der Waals surface area (Å²) in [6.45, 7) is 3.43. The number of thiophene rings is 1. The second kappa shape index (κ2) is 7.42. The maximum absolute atomic E-state index is 12.4. The van der Waals surface area contributed by atoms with E-state index < -0.39 is 0 Å². The molecule has 0 saturated heterocycles. The molecule has 0 bridgehead atoms. The Kier molecular flexibility index (Phi) is 5.08. The minimum Gasteiger partial charge on any atom is -0.494 e. The van der Waals surface area contributed by atoms with Crippen LogP contribution in [0.1, 0.15) is 24.6 Å². The normalized spacial score (nSPS) is 11.0. The lowest BCUT2D eigenvalue weighted by molar-refractivity contribution is 0.303.